The Kier molecular flexibility index (Phi) is 8.96. The first-order chi connectivity index (χ1) is 5.41. The molecule has 0 aromatic rings. The highest BCUT2D eigenvalue weighted by molar-refractivity contribution is 4.82. The van der Waals surface area contributed by atoms with Crippen molar-refractivity contribution in [1.82, 2.24) is 0 Å². The zero-order chi connectivity index (χ0) is 8.36. The Morgan fingerprint density at radius 1 is 1.27 bits per heavy atom. The predicted octanol–water partition coefficient (Wildman–Crippen LogP) is 2.94. The Hall–Kier alpha value is -0.560. The molecule has 0 spiro atoms. The molecule has 0 bridgehead atoms. The molecule has 1 heteroatoms. The van der Waals surface area contributed by atoms with Crippen molar-refractivity contribution in [2.24, 2.45) is 0 Å². The third-order valence-corrected chi connectivity index (χ3v) is 1.36. The van der Waals surface area contributed by atoms with Gasteiger partial charge in [0.15, 0.2) is 0 Å². The van der Waals surface area contributed by atoms with Gasteiger partial charge < -0.3 is 4.74 Å². The van der Waals surface area contributed by atoms with E-state index in [1.807, 2.05) is 13.0 Å². The largest absolute Gasteiger partial charge is 0.378 e. The second-order valence-electron chi connectivity index (χ2n) is 2.35. The van der Waals surface area contributed by atoms with Crippen LogP contribution in [0.25, 0.3) is 0 Å². The van der Waals surface area contributed by atoms with E-state index in [1.165, 1.54) is 6.42 Å². The maximum atomic E-state index is 5.13. The van der Waals surface area contributed by atoms with Crippen molar-refractivity contribution in [2.45, 2.75) is 26.2 Å². The van der Waals surface area contributed by atoms with Crippen LogP contribution in [0.2, 0.25) is 0 Å². The second kappa shape index (κ2) is 9.44. The van der Waals surface area contributed by atoms with Crippen LogP contribution in [0, 0.1) is 0 Å². The van der Waals surface area contributed by atoms with Gasteiger partial charge in [-0.3, -0.25) is 0 Å². The zero-order valence-electron chi connectivity index (χ0n) is 7.38. The van der Waals surface area contributed by atoms with E-state index in [9.17, 15) is 0 Å². The minimum absolute atomic E-state index is 0.755. The van der Waals surface area contributed by atoms with Crippen molar-refractivity contribution in [3.05, 3.63) is 24.8 Å². The van der Waals surface area contributed by atoms with Crippen molar-refractivity contribution in [2.75, 3.05) is 13.2 Å². The number of hydrogen-bond acceptors (Lipinski definition) is 1. The maximum Gasteiger partial charge on any atom is 0.0647 e. The van der Waals surface area contributed by atoms with Gasteiger partial charge in [-0.2, -0.15) is 0 Å². The van der Waals surface area contributed by atoms with E-state index in [0.29, 0.717) is 0 Å². The van der Waals surface area contributed by atoms with Crippen LogP contribution in [-0.4, -0.2) is 13.2 Å². The van der Waals surface area contributed by atoms with E-state index in [1.54, 1.807) is 0 Å². The van der Waals surface area contributed by atoms with Crippen molar-refractivity contribution < 1.29 is 4.74 Å². The van der Waals surface area contributed by atoms with E-state index in [4.69, 9.17) is 4.74 Å². The first kappa shape index (κ1) is 10.4. The fourth-order valence-corrected chi connectivity index (χ4v) is 0.752. The topological polar surface area (TPSA) is 9.23 Å². The molecule has 0 atom stereocenters. The number of ether oxygens (including phenoxy) is 1. The van der Waals surface area contributed by atoms with E-state index >= 15 is 0 Å². The summed E-state index contributed by atoms with van der Waals surface area (Å²) in [6, 6.07) is 0. The molecular weight excluding hydrogens is 136 g/mol. The lowest BCUT2D eigenvalue weighted by Crippen LogP contribution is -1.87. The Morgan fingerprint density at radius 2 is 2.09 bits per heavy atom. The molecule has 0 N–H and O–H groups in total. The van der Waals surface area contributed by atoms with Crippen molar-refractivity contribution in [3.8, 4) is 0 Å². The Bertz CT molecular complexity index is 105. The fourth-order valence-electron chi connectivity index (χ4n) is 0.752. The highest BCUT2D eigenvalue weighted by Gasteiger charge is 1.79. The molecule has 64 valence electrons. The highest BCUT2D eigenvalue weighted by atomic mass is 16.5. The summed E-state index contributed by atoms with van der Waals surface area (Å²) in [5.41, 5.74) is 0. The van der Waals surface area contributed by atoms with Gasteiger partial charge in [0, 0.05) is 6.61 Å². The molecule has 11 heavy (non-hydrogen) atoms. The van der Waals surface area contributed by atoms with Crippen LogP contribution < -0.4 is 0 Å². The van der Waals surface area contributed by atoms with E-state index in [2.05, 4.69) is 18.7 Å². The molecule has 0 saturated heterocycles. The number of unbranched alkanes of at least 4 members (excludes halogenated alkanes) is 2. The van der Waals surface area contributed by atoms with Gasteiger partial charge in [-0.25, -0.2) is 0 Å². The predicted molar refractivity (Wildman–Crippen MR) is 49.7 cm³/mol. The molecule has 0 radical (unpaired) electrons. The summed E-state index contributed by atoms with van der Waals surface area (Å²) in [4.78, 5) is 0. The van der Waals surface area contributed by atoms with Crippen LogP contribution in [0.4, 0.5) is 0 Å². The van der Waals surface area contributed by atoms with Crippen LogP contribution in [0.5, 0.6) is 0 Å². The second-order valence-corrected chi connectivity index (χ2v) is 2.35. The lowest BCUT2D eigenvalue weighted by Gasteiger charge is -1.92. The molecule has 0 aromatic carbocycles. The first-order valence-corrected chi connectivity index (χ1v) is 4.25. The molecule has 0 aliphatic heterocycles. The number of allylic oxidation sites excluding steroid dienone is 2. The van der Waals surface area contributed by atoms with Crippen LogP contribution in [0.15, 0.2) is 24.8 Å². The van der Waals surface area contributed by atoms with Gasteiger partial charge in [0.05, 0.1) is 6.61 Å². The molecule has 0 aromatic heterocycles. The monoisotopic (exact) mass is 154 g/mol. The molecule has 0 aliphatic carbocycles. The van der Waals surface area contributed by atoms with Gasteiger partial charge in [-0.15, -0.1) is 6.58 Å². The van der Waals surface area contributed by atoms with Gasteiger partial charge in [-0.05, 0) is 26.2 Å². The summed E-state index contributed by atoms with van der Waals surface area (Å²) in [6.45, 7) is 7.22. The molecule has 0 saturated carbocycles. The molecular formula is C10H18O. The summed E-state index contributed by atoms with van der Waals surface area (Å²) >= 11 is 0. The summed E-state index contributed by atoms with van der Waals surface area (Å²) < 4.78 is 5.13. The Balaban J connectivity index is 2.97. The Labute approximate surface area is 69.8 Å². The molecule has 0 fully saturated rings. The summed E-state index contributed by atoms with van der Waals surface area (Å²) in [7, 11) is 0. The first-order valence-electron chi connectivity index (χ1n) is 4.25. The van der Waals surface area contributed by atoms with Crippen molar-refractivity contribution >= 4 is 0 Å². The van der Waals surface area contributed by atoms with Crippen molar-refractivity contribution in [3.63, 3.8) is 0 Å². The molecule has 0 aliphatic rings. The van der Waals surface area contributed by atoms with Crippen LogP contribution in [0.1, 0.15) is 26.2 Å². The normalized spacial score (nSPS) is 10.6. The Morgan fingerprint density at radius 3 is 2.73 bits per heavy atom. The number of rotatable bonds is 7. The molecule has 0 unspecified atom stereocenters. The maximum absolute atomic E-state index is 5.13. The smallest absolute Gasteiger partial charge is 0.0647 e. The fraction of sp³-hybridized carbons (Fsp3) is 0.600. The average molecular weight is 154 g/mol. The van der Waals surface area contributed by atoms with Crippen LogP contribution in [0.3, 0.4) is 0 Å². The molecule has 0 amide bonds. The van der Waals surface area contributed by atoms with Crippen LogP contribution >= 0.6 is 0 Å². The van der Waals surface area contributed by atoms with Crippen molar-refractivity contribution in [1.29, 1.82) is 0 Å². The van der Waals surface area contributed by atoms with Gasteiger partial charge in [0.2, 0.25) is 0 Å². The van der Waals surface area contributed by atoms with Gasteiger partial charge in [-0.1, -0.05) is 18.2 Å². The van der Waals surface area contributed by atoms with Gasteiger partial charge in [0.1, 0.15) is 0 Å². The standard InChI is InChI=1S/C10H18O/c1-3-5-6-7-8-9-10-11-4-2/h3,8-9H,1,4-7,10H2,2H3. The minimum Gasteiger partial charge on any atom is -0.378 e. The third kappa shape index (κ3) is 9.44. The quantitative estimate of drug-likeness (QED) is 0.404. The molecule has 0 heterocycles. The third-order valence-electron chi connectivity index (χ3n) is 1.36. The van der Waals surface area contributed by atoms with Gasteiger partial charge in [0.25, 0.3) is 0 Å². The van der Waals surface area contributed by atoms with E-state index < -0.39 is 0 Å². The van der Waals surface area contributed by atoms with Crippen LogP contribution in [-0.2, 0) is 4.74 Å². The van der Waals surface area contributed by atoms with Gasteiger partial charge >= 0.3 is 0 Å². The van der Waals surface area contributed by atoms with E-state index in [-0.39, 0.29) is 0 Å². The summed E-state index contributed by atoms with van der Waals surface area (Å²) in [5.74, 6) is 0. The highest BCUT2D eigenvalue weighted by Crippen LogP contribution is 1.96. The number of hydrogen-bond donors (Lipinski definition) is 0. The van der Waals surface area contributed by atoms with E-state index in [0.717, 1.165) is 26.1 Å². The average Bonchev–Trinajstić information content (AvgIpc) is 2.03. The molecule has 0 rings (SSSR count). The summed E-state index contributed by atoms with van der Waals surface area (Å²) in [6.07, 6.45) is 9.65. The lowest BCUT2D eigenvalue weighted by atomic mass is 10.2. The molecule has 1 nitrogen and oxygen atoms in total. The summed E-state index contributed by atoms with van der Waals surface area (Å²) in [5, 5.41) is 0. The lowest BCUT2D eigenvalue weighted by molar-refractivity contribution is 0.177. The minimum atomic E-state index is 0.755. The zero-order valence-corrected chi connectivity index (χ0v) is 7.38. The SMILES string of the molecule is C=CCCCC=CCOCC.